The molecule has 1 N–H and O–H groups in total. The molecule has 1 aliphatic heterocycles. The molecule has 0 radical (unpaired) electrons. The summed E-state index contributed by atoms with van der Waals surface area (Å²) in [6.45, 7) is 14.7. The molecule has 2 aromatic heterocycles. The molecule has 35 heavy (non-hydrogen) atoms. The summed E-state index contributed by atoms with van der Waals surface area (Å²) >= 11 is 1.65. The van der Waals surface area contributed by atoms with Gasteiger partial charge in [0.15, 0.2) is 5.13 Å². The average molecular weight is 491 g/mol. The number of ether oxygens (including phenoxy) is 1. The summed E-state index contributed by atoms with van der Waals surface area (Å²) in [6, 6.07) is 6.53. The summed E-state index contributed by atoms with van der Waals surface area (Å²) in [7, 11) is 2.15. The molecule has 1 fully saturated rings. The summed E-state index contributed by atoms with van der Waals surface area (Å²) in [5.74, 6) is 2.35. The third-order valence-corrected chi connectivity index (χ3v) is 7.95. The van der Waals surface area contributed by atoms with Crippen LogP contribution >= 0.6 is 11.3 Å². The van der Waals surface area contributed by atoms with Crippen molar-refractivity contribution in [2.24, 2.45) is 0 Å². The molecule has 5 rings (SSSR count). The Bertz CT molecular complexity index is 1270. The second kappa shape index (κ2) is 9.24. The molecule has 1 aromatic carbocycles. The fraction of sp³-hybridized carbons (Fsp3) is 0.444. The van der Waals surface area contributed by atoms with Crippen molar-refractivity contribution in [2.75, 3.05) is 43.4 Å². The normalized spacial score (nSPS) is 16.3. The van der Waals surface area contributed by atoms with Crippen LogP contribution in [0, 0.1) is 6.92 Å². The first-order valence-corrected chi connectivity index (χ1v) is 13.0. The Balaban J connectivity index is 1.47. The Labute approximate surface area is 211 Å². The van der Waals surface area contributed by atoms with Crippen molar-refractivity contribution in [2.45, 2.75) is 46.5 Å². The summed E-state index contributed by atoms with van der Waals surface area (Å²) in [6.07, 6.45) is 5.20. The van der Waals surface area contributed by atoms with Crippen molar-refractivity contribution in [3.05, 3.63) is 51.5 Å². The van der Waals surface area contributed by atoms with Crippen molar-refractivity contribution >= 4 is 34.2 Å². The molecule has 0 saturated carbocycles. The Hall–Kier alpha value is -2.97. The van der Waals surface area contributed by atoms with Crippen LogP contribution in [0.25, 0.3) is 6.08 Å². The largest absolute Gasteiger partial charge is 0.424 e. The van der Waals surface area contributed by atoms with E-state index in [-0.39, 0.29) is 5.41 Å². The van der Waals surface area contributed by atoms with Crippen LogP contribution in [0.15, 0.2) is 30.0 Å². The van der Waals surface area contributed by atoms with E-state index in [1.54, 1.807) is 11.3 Å². The van der Waals surface area contributed by atoms with E-state index in [1.807, 2.05) is 18.3 Å². The van der Waals surface area contributed by atoms with Gasteiger partial charge in [-0.1, -0.05) is 38.5 Å². The molecule has 7 nitrogen and oxygen atoms in total. The van der Waals surface area contributed by atoms with Crippen molar-refractivity contribution in [1.29, 1.82) is 0 Å². The number of hydrogen-bond acceptors (Lipinski definition) is 8. The van der Waals surface area contributed by atoms with Gasteiger partial charge in [0.2, 0.25) is 0 Å². The molecule has 3 heterocycles. The van der Waals surface area contributed by atoms with Crippen LogP contribution in [-0.4, -0.2) is 53.1 Å². The van der Waals surface area contributed by atoms with Gasteiger partial charge >= 0.3 is 6.01 Å². The second-order valence-electron chi connectivity index (χ2n) is 10.6. The summed E-state index contributed by atoms with van der Waals surface area (Å²) in [5.41, 5.74) is 5.15. The Kier molecular flexibility index (Phi) is 6.27. The van der Waals surface area contributed by atoms with Crippen molar-refractivity contribution in [3.63, 3.8) is 0 Å². The van der Waals surface area contributed by atoms with Crippen molar-refractivity contribution in [3.8, 4) is 11.8 Å². The number of benzene rings is 1. The SMILES string of the molecule is CC1=Cc2c(ccc(Oc3nc(Nc4ncc(C(C)(C)C)s4)cc(N4CCN(C)CC4)n3)c2C)C1. The van der Waals surface area contributed by atoms with Crippen LogP contribution in [-0.2, 0) is 11.8 Å². The molecule has 0 atom stereocenters. The molecule has 0 spiro atoms. The number of likely N-dealkylation sites (N-methyl/N-ethyl adjacent to an activating group) is 1. The highest BCUT2D eigenvalue weighted by atomic mass is 32.1. The summed E-state index contributed by atoms with van der Waals surface area (Å²) in [5, 5.41) is 4.22. The maximum atomic E-state index is 6.31. The zero-order valence-electron chi connectivity index (χ0n) is 21.5. The Morgan fingerprint density at radius 3 is 2.54 bits per heavy atom. The van der Waals surface area contributed by atoms with Crippen LogP contribution in [0.4, 0.5) is 16.8 Å². The second-order valence-corrected chi connectivity index (χ2v) is 11.7. The highest BCUT2D eigenvalue weighted by molar-refractivity contribution is 7.15. The standard InChI is InChI=1S/C27H34N6OS/c1-17-13-19-7-8-21(18(2)20(19)14-17)34-25-29-23(30-26-28-16-22(35-26)27(3,4)5)15-24(31-25)33-11-9-32(6)10-12-33/h7-8,14-16H,9-13H2,1-6H3,(H,28,29,30,31). The van der Waals surface area contributed by atoms with E-state index < -0.39 is 0 Å². The van der Waals surface area contributed by atoms with Gasteiger partial charge < -0.3 is 19.9 Å². The molecule has 0 unspecified atom stereocenters. The number of hydrogen-bond donors (Lipinski definition) is 1. The van der Waals surface area contributed by atoms with E-state index in [2.05, 4.69) is 73.9 Å². The number of thiazole rings is 1. The summed E-state index contributed by atoms with van der Waals surface area (Å²) in [4.78, 5) is 20.0. The van der Waals surface area contributed by atoms with Crippen LogP contribution in [0.2, 0.25) is 0 Å². The zero-order valence-corrected chi connectivity index (χ0v) is 22.3. The molecule has 2 aliphatic rings. The van der Waals surface area contributed by atoms with Gasteiger partial charge in [-0.25, -0.2) is 4.98 Å². The lowest BCUT2D eigenvalue weighted by Crippen LogP contribution is -2.44. The van der Waals surface area contributed by atoms with Gasteiger partial charge in [0.1, 0.15) is 17.4 Å². The maximum Gasteiger partial charge on any atom is 0.325 e. The van der Waals surface area contributed by atoms with Crippen LogP contribution in [0.3, 0.4) is 0 Å². The third-order valence-electron chi connectivity index (χ3n) is 6.62. The van der Waals surface area contributed by atoms with Gasteiger partial charge in [0.05, 0.1) is 0 Å². The molecule has 3 aromatic rings. The molecule has 1 saturated heterocycles. The van der Waals surface area contributed by atoms with E-state index in [4.69, 9.17) is 14.7 Å². The van der Waals surface area contributed by atoms with Crippen LogP contribution < -0.4 is 15.0 Å². The van der Waals surface area contributed by atoms with E-state index in [1.165, 1.54) is 21.6 Å². The van der Waals surface area contributed by atoms with Gasteiger partial charge in [-0.05, 0) is 55.5 Å². The topological polar surface area (TPSA) is 66.4 Å². The quantitative estimate of drug-likeness (QED) is 0.486. The maximum absolute atomic E-state index is 6.31. The Morgan fingerprint density at radius 1 is 1.06 bits per heavy atom. The van der Waals surface area contributed by atoms with Gasteiger partial charge in [-0.2, -0.15) is 9.97 Å². The molecular weight excluding hydrogens is 456 g/mol. The Morgan fingerprint density at radius 2 is 1.83 bits per heavy atom. The lowest BCUT2D eigenvalue weighted by Gasteiger charge is -2.33. The van der Waals surface area contributed by atoms with Crippen molar-refractivity contribution in [1.82, 2.24) is 19.9 Å². The number of fused-ring (bicyclic) bond motifs is 1. The lowest BCUT2D eigenvalue weighted by molar-refractivity contribution is 0.311. The van der Waals surface area contributed by atoms with Crippen molar-refractivity contribution < 1.29 is 4.74 Å². The minimum atomic E-state index is 0.0560. The molecule has 0 bridgehead atoms. The fourth-order valence-corrected chi connectivity index (χ4v) is 5.32. The molecule has 8 heteroatoms. The van der Waals surface area contributed by atoms with E-state index in [0.717, 1.165) is 54.9 Å². The van der Waals surface area contributed by atoms with Crippen LogP contribution in [0.1, 0.15) is 49.3 Å². The third kappa shape index (κ3) is 5.18. The number of anilines is 3. The van der Waals surface area contributed by atoms with Gasteiger partial charge in [-0.3, -0.25) is 0 Å². The average Bonchev–Trinajstić information content (AvgIpc) is 3.43. The first-order valence-electron chi connectivity index (χ1n) is 12.2. The molecular formula is C27H34N6OS. The van der Waals surface area contributed by atoms with Gasteiger partial charge in [-0.15, -0.1) is 11.3 Å². The van der Waals surface area contributed by atoms with E-state index >= 15 is 0 Å². The highest BCUT2D eigenvalue weighted by Crippen LogP contribution is 2.36. The number of aromatic nitrogens is 3. The number of piperazine rings is 1. The molecule has 184 valence electrons. The highest BCUT2D eigenvalue weighted by Gasteiger charge is 2.21. The number of allylic oxidation sites excluding steroid dienone is 1. The predicted octanol–water partition coefficient (Wildman–Crippen LogP) is 5.79. The number of nitrogens with one attached hydrogen (secondary N) is 1. The molecule has 0 amide bonds. The van der Waals surface area contributed by atoms with Gasteiger partial charge in [0, 0.05) is 43.3 Å². The van der Waals surface area contributed by atoms with Gasteiger partial charge in [0.25, 0.3) is 0 Å². The zero-order chi connectivity index (χ0) is 24.7. The van der Waals surface area contributed by atoms with E-state index in [9.17, 15) is 0 Å². The first kappa shape index (κ1) is 23.8. The van der Waals surface area contributed by atoms with Crippen LogP contribution in [0.5, 0.6) is 11.8 Å². The predicted molar refractivity (Wildman–Crippen MR) is 144 cm³/mol. The number of rotatable bonds is 5. The molecule has 1 aliphatic carbocycles. The fourth-order valence-electron chi connectivity index (χ4n) is 4.43. The summed E-state index contributed by atoms with van der Waals surface area (Å²) < 4.78 is 6.31. The van der Waals surface area contributed by atoms with E-state index in [0.29, 0.717) is 11.8 Å². The first-order chi connectivity index (χ1) is 16.7. The lowest BCUT2D eigenvalue weighted by atomic mass is 9.96. The minimum absolute atomic E-state index is 0.0560. The minimum Gasteiger partial charge on any atom is -0.424 e. The smallest absolute Gasteiger partial charge is 0.325 e. The monoisotopic (exact) mass is 490 g/mol. The number of nitrogens with zero attached hydrogens (tertiary/aromatic N) is 5.